The van der Waals surface area contributed by atoms with Crippen LogP contribution in [0, 0.1) is 12.7 Å². The van der Waals surface area contributed by atoms with Gasteiger partial charge < -0.3 is 9.15 Å². The van der Waals surface area contributed by atoms with E-state index in [1.807, 2.05) is 43.3 Å². The highest BCUT2D eigenvalue weighted by atomic mass is 35.5. The molecule has 0 saturated heterocycles. The van der Waals surface area contributed by atoms with Gasteiger partial charge in [-0.25, -0.2) is 9.18 Å². The van der Waals surface area contributed by atoms with Crippen LogP contribution < -0.4 is 10.4 Å². The van der Waals surface area contributed by atoms with Crippen molar-refractivity contribution in [2.45, 2.75) is 13.5 Å². The third-order valence-corrected chi connectivity index (χ3v) is 4.79. The molecule has 3 nitrogen and oxygen atoms in total. The Morgan fingerprint density at radius 3 is 2.57 bits per heavy atom. The predicted molar refractivity (Wildman–Crippen MR) is 108 cm³/mol. The van der Waals surface area contributed by atoms with Crippen molar-refractivity contribution in [3.8, 4) is 16.9 Å². The van der Waals surface area contributed by atoms with Gasteiger partial charge >= 0.3 is 5.63 Å². The minimum Gasteiger partial charge on any atom is -0.488 e. The second-order valence-corrected chi connectivity index (χ2v) is 6.91. The van der Waals surface area contributed by atoms with Crippen molar-refractivity contribution in [2.24, 2.45) is 0 Å². The number of hydrogen-bond acceptors (Lipinski definition) is 3. The summed E-state index contributed by atoms with van der Waals surface area (Å²) in [5, 5.41) is 1.00. The molecule has 0 spiro atoms. The van der Waals surface area contributed by atoms with E-state index in [0.29, 0.717) is 27.3 Å². The molecule has 0 atom stereocenters. The molecule has 140 valence electrons. The second-order valence-electron chi connectivity index (χ2n) is 6.51. The van der Waals surface area contributed by atoms with Gasteiger partial charge in [0.05, 0.1) is 10.4 Å². The maximum Gasteiger partial charge on any atom is 0.336 e. The van der Waals surface area contributed by atoms with Crippen molar-refractivity contribution < 1.29 is 13.5 Å². The number of fused-ring (bicyclic) bond motifs is 1. The molecule has 0 aliphatic rings. The average molecular weight is 395 g/mol. The van der Waals surface area contributed by atoms with Crippen LogP contribution in [0.5, 0.6) is 5.75 Å². The predicted octanol–water partition coefficient (Wildman–Crippen LogP) is 6.14. The van der Waals surface area contributed by atoms with Crippen LogP contribution in [0.1, 0.15) is 11.1 Å². The molecule has 4 aromatic rings. The Morgan fingerprint density at radius 1 is 1.04 bits per heavy atom. The monoisotopic (exact) mass is 394 g/mol. The van der Waals surface area contributed by atoms with Crippen molar-refractivity contribution in [2.75, 3.05) is 0 Å². The zero-order valence-electron chi connectivity index (χ0n) is 15.0. The zero-order chi connectivity index (χ0) is 19.7. The number of benzene rings is 3. The smallest absolute Gasteiger partial charge is 0.336 e. The molecule has 0 saturated carbocycles. The zero-order valence-corrected chi connectivity index (χ0v) is 15.8. The van der Waals surface area contributed by atoms with Crippen LogP contribution in [0.2, 0.25) is 5.02 Å². The van der Waals surface area contributed by atoms with E-state index >= 15 is 0 Å². The maximum atomic E-state index is 13.3. The molecule has 0 unspecified atom stereocenters. The molecular formula is C23H16ClFO3. The van der Waals surface area contributed by atoms with Gasteiger partial charge in [0.1, 0.15) is 23.8 Å². The van der Waals surface area contributed by atoms with Crippen LogP contribution in [-0.4, -0.2) is 0 Å². The second kappa shape index (κ2) is 7.49. The van der Waals surface area contributed by atoms with Crippen molar-refractivity contribution in [3.63, 3.8) is 0 Å². The highest BCUT2D eigenvalue weighted by Crippen LogP contribution is 2.36. The summed E-state index contributed by atoms with van der Waals surface area (Å²) in [4.78, 5) is 12.1. The molecule has 1 aromatic heterocycles. The molecule has 0 aliphatic carbocycles. The fraction of sp³-hybridized carbons (Fsp3) is 0.0870. The molecule has 5 heteroatoms. The van der Waals surface area contributed by atoms with E-state index in [9.17, 15) is 9.18 Å². The first-order chi connectivity index (χ1) is 13.5. The SMILES string of the molecule is Cc1cc(OCc2ccc(F)cc2Cl)c2c(-c3ccccc3)cc(=O)oc2c1. The maximum absolute atomic E-state index is 13.3. The minimum absolute atomic E-state index is 0.158. The Hall–Kier alpha value is -3.11. The van der Waals surface area contributed by atoms with Gasteiger partial charge in [-0.15, -0.1) is 0 Å². The quantitative estimate of drug-likeness (QED) is 0.390. The summed E-state index contributed by atoms with van der Waals surface area (Å²) in [6.07, 6.45) is 0. The molecule has 28 heavy (non-hydrogen) atoms. The van der Waals surface area contributed by atoms with Gasteiger partial charge in [0.15, 0.2) is 0 Å². The summed E-state index contributed by atoms with van der Waals surface area (Å²) < 4.78 is 24.7. The van der Waals surface area contributed by atoms with E-state index in [4.69, 9.17) is 20.8 Å². The third kappa shape index (κ3) is 3.64. The Kier molecular flexibility index (Phi) is 4.88. The van der Waals surface area contributed by atoms with E-state index in [2.05, 4.69) is 0 Å². The number of hydrogen-bond donors (Lipinski definition) is 0. The first-order valence-electron chi connectivity index (χ1n) is 8.72. The van der Waals surface area contributed by atoms with Crippen molar-refractivity contribution in [1.82, 2.24) is 0 Å². The Morgan fingerprint density at radius 2 is 1.82 bits per heavy atom. The summed E-state index contributed by atoms with van der Waals surface area (Å²) in [6, 6.07) is 18.9. The lowest BCUT2D eigenvalue weighted by Crippen LogP contribution is -2.02. The lowest BCUT2D eigenvalue weighted by Gasteiger charge is -2.14. The minimum atomic E-state index is -0.426. The highest BCUT2D eigenvalue weighted by molar-refractivity contribution is 6.31. The van der Waals surface area contributed by atoms with Crippen LogP contribution in [0.15, 0.2) is 75.9 Å². The third-order valence-electron chi connectivity index (χ3n) is 4.44. The fourth-order valence-electron chi connectivity index (χ4n) is 3.15. The molecule has 0 fully saturated rings. The van der Waals surface area contributed by atoms with Crippen LogP contribution in [0.25, 0.3) is 22.1 Å². The standard InChI is InChI=1S/C23H16ClFO3/c1-14-9-20(27-13-16-7-8-17(25)11-19(16)24)23-18(15-5-3-2-4-6-15)12-22(26)28-21(23)10-14/h2-12H,13H2,1H3. The lowest BCUT2D eigenvalue weighted by atomic mass is 10.0. The molecule has 0 amide bonds. The number of rotatable bonds is 4. The number of ether oxygens (including phenoxy) is 1. The summed E-state index contributed by atoms with van der Waals surface area (Å²) in [7, 11) is 0. The Bertz CT molecular complexity index is 1220. The van der Waals surface area contributed by atoms with Gasteiger partial charge in [0.25, 0.3) is 0 Å². The van der Waals surface area contributed by atoms with Gasteiger partial charge in [0.2, 0.25) is 0 Å². The summed E-state index contributed by atoms with van der Waals surface area (Å²) >= 11 is 6.11. The van der Waals surface area contributed by atoms with Gasteiger partial charge in [0, 0.05) is 17.2 Å². The van der Waals surface area contributed by atoms with E-state index in [0.717, 1.165) is 16.7 Å². The van der Waals surface area contributed by atoms with Gasteiger partial charge in [-0.1, -0.05) is 48.0 Å². The molecule has 0 N–H and O–H groups in total. The highest BCUT2D eigenvalue weighted by Gasteiger charge is 2.15. The average Bonchev–Trinajstić information content (AvgIpc) is 2.66. The van der Waals surface area contributed by atoms with Crippen molar-refractivity contribution in [1.29, 1.82) is 0 Å². The van der Waals surface area contributed by atoms with Crippen LogP contribution in [-0.2, 0) is 6.61 Å². The summed E-state index contributed by atoms with van der Waals surface area (Å²) in [5.74, 6) is 0.167. The van der Waals surface area contributed by atoms with E-state index in [1.54, 1.807) is 12.1 Å². The first-order valence-corrected chi connectivity index (χ1v) is 9.10. The summed E-state index contributed by atoms with van der Waals surface area (Å²) in [5.41, 5.74) is 3.19. The number of aryl methyl sites for hydroxylation is 1. The Balaban J connectivity index is 1.84. The van der Waals surface area contributed by atoms with Gasteiger partial charge in [-0.3, -0.25) is 0 Å². The van der Waals surface area contributed by atoms with Crippen LogP contribution >= 0.6 is 11.6 Å². The van der Waals surface area contributed by atoms with E-state index in [-0.39, 0.29) is 6.61 Å². The van der Waals surface area contributed by atoms with Gasteiger partial charge in [-0.05, 0) is 42.3 Å². The van der Waals surface area contributed by atoms with E-state index < -0.39 is 11.4 Å². The molecule has 1 heterocycles. The largest absolute Gasteiger partial charge is 0.488 e. The summed E-state index contributed by atoms with van der Waals surface area (Å²) in [6.45, 7) is 2.05. The first kappa shape index (κ1) is 18.3. The molecule has 0 radical (unpaired) electrons. The molecular weight excluding hydrogens is 379 g/mol. The molecule has 0 aliphatic heterocycles. The van der Waals surface area contributed by atoms with Crippen LogP contribution in [0.3, 0.4) is 0 Å². The molecule has 0 bridgehead atoms. The normalized spacial score (nSPS) is 11.0. The molecule has 4 rings (SSSR count). The topological polar surface area (TPSA) is 39.4 Å². The fourth-order valence-corrected chi connectivity index (χ4v) is 3.37. The van der Waals surface area contributed by atoms with Crippen LogP contribution in [0.4, 0.5) is 4.39 Å². The lowest BCUT2D eigenvalue weighted by molar-refractivity contribution is 0.309. The number of halogens is 2. The Labute approximate surface area is 166 Å². The van der Waals surface area contributed by atoms with E-state index in [1.165, 1.54) is 18.2 Å². The van der Waals surface area contributed by atoms with Crippen molar-refractivity contribution >= 4 is 22.6 Å². The molecule has 3 aromatic carbocycles. The van der Waals surface area contributed by atoms with Gasteiger partial charge in [-0.2, -0.15) is 0 Å². The van der Waals surface area contributed by atoms with Crippen molar-refractivity contribution in [3.05, 3.63) is 99.1 Å².